The molecule has 2 aromatic carbocycles. The molecule has 0 unspecified atom stereocenters. The van der Waals surface area contributed by atoms with E-state index < -0.39 is 34.3 Å². The van der Waals surface area contributed by atoms with E-state index in [9.17, 15) is 31.2 Å². The Hall–Kier alpha value is -3.57. The van der Waals surface area contributed by atoms with Crippen molar-refractivity contribution in [3.8, 4) is 0 Å². The Morgan fingerprint density at radius 3 is 2.44 bits per heavy atom. The van der Waals surface area contributed by atoms with Crippen molar-refractivity contribution in [2.75, 3.05) is 18.8 Å². The van der Waals surface area contributed by atoms with Gasteiger partial charge in [0.15, 0.2) is 5.96 Å². The lowest BCUT2D eigenvalue weighted by Crippen LogP contribution is -2.59. The largest absolute Gasteiger partial charge is 0.490 e. The summed E-state index contributed by atoms with van der Waals surface area (Å²) in [7, 11) is -3.95. The van der Waals surface area contributed by atoms with Gasteiger partial charge >= 0.3 is 12.1 Å². The van der Waals surface area contributed by atoms with Crippen LogP contribution in [-0.2, 0) is 24.4 Å². The van der Waals surface area contributed by atoms with Crippen LogP contribution in [0.1, 0.15) is 19.3 Å². The number of aliphatic imine (C=N–C) groups is 1. The summed E-state index contributed by atoms with van der Waals surface area (Å²) < 4.78 is 60.8. The minimum atomic E-state index is -5.08. The number of sulfonamides is 1. The van der Waals surface area contributed by atoms with Crippen LogP contribution in [0.5, 0.6) is 0 Å². The summed E-state index contributed by atoms with van der Waals surface area (Å²) >= 11 is 1.54. The zero-order valence-electron chi connectivity index (χ0n) is 21.5. The fourth-order valence-corrected chi connectivity index (χ4v) is 7.19. The summed E-state index contributed by atoms with van der Waals surface area (Å²) in [6.07, 6.45) is -3.54. The van der Waals surface area contributed by atoms with Crippen molar-refractivity contribution in [1.29, 1.82) is 0 Å². The molecule has 41 heavy (non-hydrogen) atoms. The average Bonchev–Trinajstić information content (AvgIpc) is 3.34. The van der Waals surface area contributed by atoms with E-state index in [1.54, 1.807) is 30.0 Å². The van der Waals surface area contributed by atoms with Crippen molar-refractivity contribution < 1.29 is 41.1 Å². The molecule has 4 rings (SSSR count). The van der Waals surface area contributed by atoms with Crippen LogP contribution < -0.4 is 21.5 Å². The number of carbonyl (C=O) groups excluding carboxylic acids is 2. The lowest BCUT2D eigenvalue weighted by molar-refractivity contribution is -0.192. The van der Waals surface area contributed by atoms with Crippen LogP contribution in [0.3, 0.4) is 0 Å². The quantitative estimate of drug-likeness (QED) is 0.163. The number of fused-ring (bicyclic) bond motifs is 2. The highest BCUT2D eigenvalue weighted by Gasteiger charge is 2.47. The van der Waals surface area contributed by atoms with Crippen LogP contribution in [0.4, 0.5) is 13.2 Å². The molecule has 3 atom stereocenters. The number of piperidine rings is 1. The van der Waals surface area contributed by atoms with Gasteiger partial charge in [-0.25, -0.2) is 13.2 Å². The first kappa shape index (κ1) is 32.0. The van der Waals surface area contributed by atoms with Crippen molar-refractivity contribution in [3.05, 3.63) is 42.5 Å². The van der Waals surface area contributed by atoms with Gasteiger partial charge in [0.25, 0.3) is 0 Å². The molecule has 2 aliphatic heterocycles. The maximum atomic E-state index is 13.3. The number of halogens is 3. The van der Waals surface area contributed by atoms with E-state index in [0.717, 1.165) is 5.39 Å². The maximum Gasteiger partial charge on any atom is 0.490 e. The topological polar surface area (TPSA) is 197 Å². The monoisotopic (exact) mass is 618 g/mol. The first-order valence-electron chi connectivity index (χ1n) is 12.3. The number of benzene rings is 2. The Balaban J connectivity index is 0.000000587. The first-order valence-corrected chi connectivity index (χ1v) is 14.8. The normalized spacial score (nSPS) is 20.5. The van der Waals surface area contributed by atoms with Crippen molar-refractivity contribution in [3.63, 3.8) is 0 Å². The molecule has 0 aromatic heterocycles. The summed E-state index contributed by atoms with van der Waals surface area (Å²) in [5, 5.41) is 11.2. The number of hydrogen-bond acceptors (Lipinski definition) is 7. The second kappa shape index (κ2) is 13.4. The SMILES string of the molecule is NC(N)=NCCCNC(=O)[C@@H]1CS[C@H]2CC[C@H](NS(=O)(=O)c3cccc4ccccc34)C(=O)N21.O=C(O)C(F)(F)F. The molecule has 2 fully saturated rings. The molecule has 0 radical (unpaired) electrons. The third-order valence-electron chi connectivity index (χ3n) is 6.16. The molecule has 17 heteroatoms. The van der Waals surface area contributed by atoms with Gasteiger partial charge in [0, 0.05) is 24.2 Å². The number of alkyl halides is 3. The highest BCUT2D eigenvalue weighted by atomic mass is 32.2. The first-order chi connectivity index (χ1) is 19.2. The second-order valence-electron chi connectivity index (χ2n) is 9.03. The van der Waals surface area contributed by atoms with Crippen LogP contribution >= 0.6 is 11.8 Å². The molecule has 0 bridgehead atoms. The lowest BCUT2D eigenvalue weighted by Gasteiger charge is -2.36. The number of guanidine groups is 1. The highest BCUT2D eigenvalue weighted by Crippen LogP contribution is 2.37. The van der Waals surface area contributed by atoms with Gasteiger partial charge in [0.05, 0.1) is 10.3 Å². The molecule has 0 aliphatic carbocycles. The number of nitrogens with one attached hydrogen (secondary N) is 2. The number of nitrogens with zero attached hydrogens (tertiary/aromatic N) is 2. The second-order valence-corrected chi connectivity index (χ2v) is 11.9. The van der Waals surface area contributed by atoms with Crippen molar-refractivity contribution in [1.82, 2.24) is 14.9 Å². The number of carboxylic acid groups (broad SMARTS) is 1. The number of rotatable bonds is 8. The number of aliphatic carboxylic acids is 1. The summed E-state index contributed by atoms with van der Waals surface area (Å²) in [4.78, 5) is 40.5. The van der Waals surface area contributed by atoms with Crippen LogP contribution in [0.15, 0.2) is 52.4 Å². The average molecular weight is 619 g/mol. The molecule has 224 valence electrons. The molecule has 2 aromatic rings. The number of nitrogens with two attached hydrogens (primary N) is 2. The summed E-state index contributed by atoms with van der Waals surface area (Å²) in [5.41, 5.74) is 10.6. The van der Waals surface area contributed by atoms with E-state index >= 15 is 0 Å². The number of thioether (sulfide) groups is 1. The van der Waals surface area contributed by atoms with E-state index in [1.807, 2.05) is 18.2 Å². The van der Waals surface area contributed by atoms with Gasteiger partial charge in [-0.15, -0.1) is 11.8 Å². The molecule has 2 amide bonds. The Kier molecular flexibility index (Phi) is 10.4. The zero-order valence-corrected chi connectivity index (χ0v) is 23.1. The predicted octanol–water partition coefficient (Wildman–Crippen LogP) is 0.964. The van der Waals surface area contributed by atoms with Gasteiger partial charge in [0.2, 0.25) is 21.8 Å². The molecule has 2 aliphatic rings. The number of carbonyl (C=O) groups is 3. The van der Waals surface area contributed by atoms with E-state index in [-0.39, 0.29) is 28.0 Å². The minimum absolute atomic E-state index is 0.00253. The van der Waals surface area contributed by atoms with E-state index in [2.05, 4.69) is 15.0 Å². The van der Waals surface area contributed by atoms with Crippen LogP contribution in [0.2, 0.25) is 0 Å². The van der Waals surface area contributed by atoms with Gasteiger partial charge in [-0.2, -0.15) is 17.9 Å². The standard InChI is InChI=1S/C22H28N6O4S2.C2HF3O2/c23-22(24)26-12-4-11-25-20(29)17-13-33-19-10-9-16(21(30)28(17)19)27-34(31,32)18-8-3-6-14-5-1-2-7-15(14)18;3-2(4,5)1(6)7/h1-3,5-8,16-17,19,27H,4,9-13H2,(H,25,29)(H4,23,24,26);(H,6,7)/t16-,17-,19-;/m0./s1. The molecule has 7 N–H and O–H groups in total. The Bertz CT molecular complexity index is 1410. The van der Waals surface area contributed by atoms with Crippen LogP contribution in [0, 0.1) is 0 Å². The van der Waals surface area contributed by atoms with Gasteiger partial charge in [-0.1, -0.05) is 36.4 Å². The third-order valence-corrected chi connectivity index (χ3v) is 9.04. The minimum Gasteiger partial charge on any atom is -0.475 e. The van der Waals surface area contributed by atoms with Crippen LogP contribution in [-0.4, -0.2) is 84.6 Å². The fraction of sp³-hybridized carbons (Fsp3) is 0.417. The molecule has 0 spiro atoms. The van der Waals surface area contributed by atoms with Gasteiger partial charge in [-0.05, 0) is 30.7 Å². The number of amides is 2. The summed E-state index contributed by atoms with van der Waals surface area (Å²) in [5.74, 6) is -2.92. The molecule has 2 heterocycles. The van der Waals surface area contributed by atoms with E-state index in [4.69, 9.17) is 21.4 Å². The highest BCUT2D eigenvalue weighted by molar-refractivity contribution is 8.00. The van der Waals surface area contributed by atoms with Gasteiger partial charge in [0.1, 0.15) is 12.1 Å². The molecular weight excluding hydrogens is 589 g/mol. The van der Waals surface area contributed by atoms with Crippen molar-refractivity contribution in [2.24, 2.45) is 16.5 Å². The smallest absolute Gasteiger partial charge is 0.475 e. The van der Waals surface area contributed by atoms with Gasteiger partial charge in [-0.3, -0.25) is 14.6 Å². The Labute approximate surface area is 237 Å². The maximum absolute atomic E-state index is 13.3. The van der Waals surface area contributed by atoms with Gasteiger partial charge < -0.3 is 26.8 Å². The zero-order chi connectivity index (χ0) is 30.4. The van der Waals surface area contributed by atoms with E-state index in [1.165, 1.54) is 11.0 Å². The summed E-state index contributed by atoms with van der Waals surface area (Å²) in [6.45, 7) is 0.770. The molecule has 0 saturated carbocycles. The number of hydrogen-bond donors (Lipinski definition) is 5. The fourth-order valence-electron chi connectivity index (χ4n) is 4.30. The molecule has 2 saturated heterocycles. The number of carboxylic acids is 1. The Morgan fingerprint density at radius 1 is 1.12 bits per heavy atom. The van der Waals surface area contributed by atoms with Crippen LogP contribution in [0.25, 0.3) is 10.8 Å². The molecular formula is C24H29F3N6O6S2. The van der Waals surface area contributed by atoms with E-state index in [0.29, 0.717) is 43.5 Å². The third kappa shape index (κ3) is 8.23. The lowest BCUT2D eigenvalue weighted by atomic mass is 10.0. The predicted molar refractivity (Wildman–Crippen MR) is 146 cm³/mol. The van der Waals surface area contributed by atoms with Crippen molar-refractivity contribution >= 4 is 56.3 Å². The Morgan fingerprint density at radius 2 is 1.78 bits per heavy atom. The molecule has 12 nitrogen and oxygen atoms in total. The van der Waals surface area contributed by atoms with Crippen molar-refractivity contribution in [2.45, 2.75) is 47.8 Å². The summed E-state index contributed by atoms with van der Waals surface area (Å²) in [6, 6.07) is 10.7.